The maximum absolute atomic E-state index is 12.1. The second kappa shape index (κ2) is 3.92. The summed E-state index contributed by atoms with van der Waals surface area (Å²) in [6.07, 6.45) is 1.47. The number of nitrogens with zero attached hydrogens (tertiary/aromatic N) is 1. The molecular formula is C10H7F2NS. The number of halogens is 2. The van der Waals surface area contributed by atoms with Crippen molar-refractivity contribution < 1.29 is 8.78 Å². The first-order valence-electron chi connectivity index (χ1n) is 4.05. The predicted octanol–water partition coefficient (Wildman–Crippen LogP) is 3.55. The van der Waals surface area contributed by atoms with E-state index in [1.165, 1.54) is 6.20 Å². The monoisotopic (exact) mass is 211 g/mol. The molecule has 0 aliphatic rings. The number of hydrogen-bond donors (Lipinski definition) is 0. The van der Waals surface area contributed by atoms with Crippen LogP contribution in [0.4, 0.5) is 8.78 Å². The van der Waals surface area contributed by atoms with Crippen molar-refractivity contribution in [2.75, 3.05) is 0 Å². The smallest absolute Gasteiger partial charge is 0.255 e. The molecule has 0 radical (unpaired) electrons. The number of alkyl halides is 2. The molecule has 0 aliphatic carbocycles. The van der Waals surface area contributed by atoms with Gasteiger partial charge >= 0.3 is 0 Å². The van der Waals surface area contributed by atoms with Gasteiger partial charge in [-0.3, -0.25) is 4.98 Å². The second-order valence-electron chi connectivity index (χ2n) is 2.74. The fraction of sp³-hybridized carbons (Fsp3) is 0.100. The summed E-state index contributed by atoms with van der Waals surface area (Å²) in [5.74, 6) is -2.39. The van der Waals surface area contributed by atoms with Crippen molar-refractivity contribution in [1.29, 1.82) is 0 Å². The zero-order chi connectivity index (χ0) is 9.97. The molecule has 0 spiro atoms. The average Bonchev–Trinajstić information content (AvgIpc) is 2.17. The fourth-order valence-corrected chi connectivity index (χ4v) is 1.73. The Morgan fingerprint density at radius 1 is 1.21 bits per heavy atom. The third kappa shape index (κ3) is 2.01. The van der Waals surface area contributed by atoms with Gasteiger partial charge in [0.25, 0.3) is 5.76 Å². The number of aromatic nitrogens is 1. The Bertz CT molecular complexity index is 445. The van der Waals surface area contributed by atoms with Gasteiger partial charge in [-0.1, -0.05) is 30.0 Å². The normalized spacial score (nSPS) is 11.1. The maximum Gasteiger partial charge on any atom is 0.288 e. The predicted molar refractivity (Wildman–Crippen MR) is 53.6 cm³/mol. The minimum absolute atomic E-state index is 0.499. The zero-order valence-electron chi connectivity index (χ0n) is 7.15. The van der Waals surface area contributed by atoms with Gasteiger partial charge < -0.3 is 0 Å². The molecule has 1 aromatic heterocycles. The summed E-state index contributed by atoms with van der Waals surface area (Å²) in [6, 6.07) is 9.17. The van der Waals surface area contributed by atoms with Gasteiger partial charge in [0.05, 0.1) is 5.52 Å². The van der Waals surface area contributed by atoms with E-state index < -0.39 is 5.76 Å². The van der Waals surface area contributed by atoms with Crippen molar-refractivity contribution in [2.24, 2.45) is 0 Å². The van der Waals surface area contributed by atoms with Gasteiger partial charge in [0.1, 0.15) is 0 Å². The van der Waals surface area contributed by atoms with Crippen molar-refractivity contribution in [3.8, 4) is 0 Å². The van der Waals surface area contributed by atoms with Gasteiger partial charge in [0.15, 0.2) is 0 Å². The fourth-order valence-electron chi connectivity index (χ4n) is 1.22. The molecular weight excluding hydrogens is 204 g/mol. The van der Waals surface area contributed by atoms with Crippen LogP contribution in [-0.4, -0.2) is 10.7 Å². The molecule has 0 fully saturated rings. The van der Waals surface area contributed by atoms with E-state index in [0.717, 1.165) is 10.9 Å². The average molecular weight is 211 g/mol. The lowest BCUT2D eigenvalue weighted by Crippen LogP contribution is -1.84. The highest BCUT2D eigenvalue weighted by atomic mass is 32.2. The van der Waals surface area contributed by atoms with Crippen LogP contribution in [0, 0.1) is 0 Å². The zero-order valence-corrected chi connectivity index (χ0v) is 7.97. The summed E-state index contributed by atoms with van der Waals surface area (Å²) >= 11 is 0.517. The molecule has 4 heteroatoms. The standard InChI is InChI=1S/C10H7F2NS/c11-10(12)14-8-5-7-3-1-2-4-9(7)13-6-8/h1-6,10H. The van der Waals surface area contributed by atoms with E-state index in [2.05, 4.69) is 4.98 Å². The van der Waals surface area contributed by atoms with E-state index in [9.17, 15) is 8.78 Å². The van der Waals surface area contributed by atoms with Crippen LogP contribution in [-0.2, 0) is 0 Å². The summed E-state index contributed by atoms with van der Waals surface area (Å²) in [6.45, 7) is 0. The number of fused-ring (bicyclic) bond motifs is 1. The summed E-state index contributed by atoms with van der Waals surface area (Å²) in [5, 5.41) is 0.887. The molecule has 2 aromatic rings. The number of hydrogen-bond acceptors (Lipinski definition) is 2. The van der Waals surface area contributed by atoms with Crippen LogP contribution in [0.2, 0.25) is 0 Å². The number of para-hydroxylation sites is 1. The van der Waals surface area contributed by atoms with E-state index in [0.29, 0.717) is 16.7 Å². The largest absolute Gasteiger partial charge is 0.288 e. The minimum atomic E-state index is -2.39. The van der Waals surface area contributed by atoms with Crippen molar-refractivity contribution in [3.05, 3.63) is 36.5 Å². The summed E-state index contributed by atoms with van der Waals surface area (Å²) in [7, 11) is 0. The summed E-state index contributed by atoms with van der Waals surface area (Å²) in [4.78, 5) is 4.58. The van der Waals surface area contributed by atoms with E-state index in [-0.39, 0.29) is 0 Å². The molecule has 0 unspecified atom stereocenters. The Kier molecular flexibility index (Phi) is 2.63. The van der Waals surface area contributed by atoms with Crippen molar-refractivity contribution in [2.45, 2.75) is 10.7 Å². The van der Waals surface area contributed by atoms with E-state index >= 15 is 0 Å². The molecule has 0 bridgehead atoms. The van der Waals surface area contributed by atoms with E-state index in [1.807, 2.05) is 24.3 Å². The Balaban J connectivity index is 2.41. The quantitative estimate of drug-likeness (QED) is 0.704. The Labute approximate surface area is 84.2 Å². The van der Waals surface area contributed by atoms with Crippen molar-refractivity contribution in [3.63, 3.8) is 0 Å². The number of benzene rings is 1. The lowest BCUT2D eigenvalue weighted by atomic mass is 10.2. The molecule has 0 N–H and O–H groups in total. The van der Waals surface area contributed by atoms with Crippen LogP contribution in [0.25, 0.3) is 10.9 Å². The molecule has 0 saturated carbocycles. The number of rotatable bonds is 2. The second-order valence-corrected chi connectivity index (χ2v) is 3.81. The molecule has 0 saturated heterocycles. The minimum Gasteiger partial charge on any atom is -0.255 e. The molecule has 1 nitrogen and oxygen atoms in total. The molecule has 72 valence electrons. The van der Waals surface area contributed by atoms with Crippen LogP contribution in [0.15, 0.2) is 41.4 Å². The van der Waals surface area contributed by atoms with E-state index in [1.54, 1.807) is 6.07 Å². The SMILES string of the molecule is FC(F)Sc1cnc2ccccc2c1. The Morgan fingerprint density at radius 2 is 2.00 bits per heavy atom. The van der Waals surface area contributed by atoms with Gasteiger partial charge in [0.2, 0.25) is 0 Å². The third-order valence-corrected chi connectivity index (χ3v) is 2.46. The molecule has 1 aromatic carbocycles. The van der Waals surface area contributed by atoms with Gasteiger partial charge in [0, 0.05) is 16.5 Å². The lowest BCUT2D eigenvalue weighted by Gasteiger charge is -2.01. The first-order chi connectivity index (χ1) is 6.75. The Morgan fingerprint density at radius 3 is 2.79 bits per heavy atom. The highest BCUT2D eigenvalue weighted by Gasteiger charge is 2.05. The maximum atomic E-state index is 12.1. The Hall–Kier alpha value is -1.16. The van der Waals surface area contributed by atoms with Crippen LogP contribution in [0.5, 0.6) is 0 Å². The molecule has 14 heavy (non-hydrogen) atoms. The summed E-state index contributed by atoms with van der Waals surface area (Å²) in [5.41, 5.74) is 0.825. The lowest BCUT2D eigenvalue weighted by molar-refractivity contribution is 0.252. The van der Waals surface area contributed by atoms with Crippen molar-refractivity contribution in [1.82, 2.24) is 4.98 Å². The van der Waals surface area contributed by atoms with Crippen LogP contribution in [0.3, 0.4) is 0 Å². The molecule has 0 aliphatic heterocycles. The van der Waals surface area contributed by atoms with Crippen LogP contribution in [0.1, 0.15) is 0 Å². The van der Waals surface area contributed by atoms with Gasteiger partial charge in [-0.15, -0.1) is 0 Å². The van der Waals surface area contributed by atoms with Crippen LogP contribution >= 0.6 is 11.8 Å². The molecule has 2 rings (SSSR count). The van der Waals surface area contributed by atoms with Gasteiger partial charge in [-0.05, 0) is 12.1 Å². The first kappa shape index (κ1) is 9.40. The topological polar surface area (TPSA) is 12.9 Å². The molecule has 0 atom stereocenters. The highest BCUT2D eigenvalue weighted by Crippen LogP contribution is 2.26. The van der Waals surface area contributed by atoms with Gasteiger partial charge in [-0.2, -0.15) is 8.78 Å². The molecule has 1 heterocycles. The number of pyridine rings is 1. The van der Waals surface area contributed by atoms with Crippen molar-refractivity contribution >= 4 is 22.7 Å². The first-order valence-corrected chi connectivity index (χ1v) is 4.93. The molecule has 0 amide bonds. The third-order valence-electron chi connectivity index (χ3n) is 1.79. The van der Waals surface area contributed by atoms with E-state index in [4.69, 9.17) is 0 Å². The highest BCUT2D eigenvalue weighted by molar-refractivity contribution is 7.99. The number of thioether (sulfide) groups is 1. The van der Waals surface area contributed by atoms with Crippen LogP contribution < -0.4 is 0 Å². The van der Waals surface area contributed by atoms with Gasteiger partial charge in [-0.25, -0.2) is 0 Å². The summed E-state index contributed by atoms with van der Waals surface area (Å²) < 4.78 is 24.1.